The van der Waals surface area contributed by atoms with E-state index in [4.69, 9.17) is 9.26 Å². The minimum absolute atomic E-state index is 0.0458. The molecule has 0 N–H and O–H groups in total. The van der Waals surface area contributed by atoms with Gasteiger partial charge in [0.25, 0.3) is 5.91 Å². The van der Waals surface area contributed by atoms with Crippen LogP contribution in [0.3, 0.4) is 0 Å². The second kappa shape index (κ2) is 8.96. The van der Waals surface area contributed by atoms with E-state index in [2.05, 4.69) is 10.1 Å². The minimum Gasteiger partial charge on any atom is -0.489 e. The number of aromatic nitrogens is 1. The third-order valence-corrected chi connectivity index (χ3v) is 6.01. The molecule has 29 heavy (non-hydrogen) atoms. The van der Waals surface area contributed by atoms with Crippen LogP contribution in [0.2, 0.25) is 0 Å². The second-order valence-electron chi connectivity index (χ2n) is 7.38. The molecule has 158 valence electrons. The summed E-state index contributed by atoms with van der Waals surface area (Å²) in [6.45, 7) is 7.04. The minimum atomic E-state index is -2.97. The molecule has 0 unspecified atom stereocenters. The number of nitrogens with zero attached hydrogens (tertiary/aromatic N) is 3. The van der Waals surface area contributed by atoms with Gasteiger partial charge in [0.2, 0.25) is 0 Å². The molecule has 1 fully saturated rings. The second-order valence-corrected chi connectivity index (χ2v) is 9.64. The predicted octanol–water partition coefficient (Wildman–Crippen LogP) is 1.67. The molecule has 3 rings (SSSR count). The highest BCUT2D eigenvalue weighted by Crippen LogP contribution is 2.20. The van der Waals surface area contributed by atoms with Crippen LogP contribution in [0.4, 0.5) is 0 Å². The van der Waals surface area contributed by atoms with Crippen LogP contribution in [0, 0.1) is 13.8 Å². The van der Waals surface area contributed by atoms with Crippen molar-refractivity contribution in [3.63, 3.8) is 0 Å². The molecular formula is C20H27N3O5S. The summed E-state index contributed by atoms with van der Waals surface area (Å²) in [4.78, 5) is 16.7. The van der Waals surface area contributed by atoms with E-state index >= 15 is 0 Å². The maximum absolute atomic E-state index is 12.8. The molecule has 2 aromatic rings. The van der Waals surface area contributed by atoms with Crippen LogP contribution in [0.15, 0.2) is 28.8 Å². The zero-order valence-electron chi connectivity index (χ0n) is 17.1. The summed E-state index contributed by atoms with van der Waals surface area (Å²) >= 11 is 0. The van der Waals surface area contributed by atoms with Gasteiger partial charge in [0.05, 0.1) is 17.0 Å². The van der Waals surface area contributed by atoms with Crippen molar-refractivity contribution in [2.75, 3.05) is 44.7 Å². The van der Waals surface area contributed by atoms with Crippen LogP contribution < -0.4 is 4.74 Å². The topological polar surface area (TPSA) is 93.0 Å². The Kier molecular flexibility index (Phi) is 6.59. The zero-order chi connectivity index (χ0) is 21.0. The maximum Gasteiger partial charge on any atom is 0.254 e. The molecule has 2 heterocycles. The summed E-state index contributed by atoms with van der Waals surface area (Å²) in [5, 5.41) is 3.91. The maximum atomic E-state index is 12.8. The van der Waals surface area contributed by atoms with Crippen molar-refractivity contribution >= 4 is 15.7 Å². The highest BCUT2D eigenvalue weighted by molar-refractivity contribution is 7.90. The van der Waals surface area contributed by atoms with Gasteiger partial charge in [0, 0.05) is 44.5 Å². The Bertz CT molecular complexity index is 943. The Hall–Kier alpha value is -2.39. The number of carbonyl (C=O) groups is 1. The van der Waals surface area contributed by atoms with Gasteiger partial charge in [0.1, 0.15) is 28.0 Å². The van der Waals surface area contributed by atoms with Crippen LogP contribution in [0.1, 0.15) is 27.4 Å². The van der Waals surface area contributed by atoms with Gasteiger partial charge in [-0.25, -0.2) is 8.42 Å². The number of piperazine rings is 1. The molecule has 1 saturated heterocycles. The van der Waals surface area contributed by atoms with Gasteiger partial charge in [-0.1, -0.05) is 11.2 Å². The van der Waals surface area contributed by atoms with Crippen molar-refractivity contribution in [2.24, 2.45) is 0 Å². The van der Waals surface area contributed by atoms with Gasteiger partial charge in [-0.05, 0) is 32.0 Å². The molecule has 0 spiro atoms. The molecule has 1 aliphatic heterocycles. The summed E-state index contributed by atoms with van der Waals surface area (Å²) in [7, 11) is -2.97. The Balaban J connectivity index is 1.56. The van der Waals surface area contributed by atoms with E-state index in [0.717, 1.165) is 17.0 Å². The van der Waals surface area contributed by atoms with Crippen LogP contribution in [-0.2, 0) is 16.4 Å². The Morgan fingerprint density at radius 1 is 1.21 bits per heavy atom. The molecule has 0 aliphatic carbocycles. The highest BCUT2D eigenvalue weighted by Gasteiger charge is 2.23. The molecule has 1 amide bonds. The van der Waals surface area contributed by atoms with Crippen LogP contribution in [0.5, 0.6) is 5.75 Å². The molecule has 9 heteroatoms. The fourth-order valence-electron chi connectivity index (χ4n) is 3.23. The molecule has 0 bridgehead atoms. The largest absolute Gasteiger partial charge is 0.489 e. The van der Waals surface area contributed by atoms with Crippen molar-refractivity contribution < 1.29 is 22.5 Å². The van der Waals surface area contributed by atoms with Gasteiger partial charge in [-0.3, -0.25) is 9.69 Å². The number of sulfone groups is 1. The highest BCUT2D eigenvalue weighted by atomic mass is 32.2. The van der Waals surface area contributed by atoms with Gasteiger partial charge in [0.15, 0.2) is 0 Å². The number of rotatable bonds is 7. The number of benzene rings is 1. The quantitative estimate of drug-likeness (QED) is 0.671. The summed E-state index contributed by atoms with van der Waals surface area (Å²) in [6, 6.07) is 7.15. The number of aryl methyl sites for hydroxylation is 2. The van der Waals surface area contributed by atoms with Crippen molar-refractivity contribution in [1.29, 1.82) is 0 Å². The lowest BCUT2D eigenvalue weighted by atomic mass is 10.1. The molecule has 8 nitrogen and oxygen atoms in total. The third-order valence-electron chi connectivity index (χ3n) is 5.08. The Morgan fingerprint density at radius 3 is 2.55 bits per heavy atom. The lowest BCUT2D eigenvalue weighted by Gasteiger charge is -2.34. The number of amides is 1. The number of ether oxygens (including phenoxy) is 1. The molecule has 0 saturated carbocycles. The molecule has 0 radical (unpaired) electrons. The fraction of sp³-hybridized carbons (Fsp3) is 0.500. The molecule has 1 aromatic carbocycles. The van der Waals surface area contributed by atoms with Crippen molar-refractivity contribution in [3.05, 3.63) is 46.8 Å². The molecular weight excluding hydrogens is 394 g/mol. The van der Waals surface area contributed by atoms with Crippen molar-refractivity contribution in [2.45, 2.75) is 20.5 Å². The summed E-state index contributed by atoms with van der Waals surface area (Å²) in [5.41, 5.74) is 2.28. The summed E-state index contributed by atoms with van der Waals surface area (Å²) in [6.07, 6.45) is 1.24. The lowest BCUT2D eigenvalue weighted by molar-refractivity contribution is 0.0643. The van der Waals surface area contributed by atoms with E-state index in [0.29, 0.717) is 50.6 Å². The summed E-state index contributed by atoms with van der Waals surface area (Å²) < 4.78 is 33.6. The molecule has 0 atom stereocenters. The average molecular weight is 422 g/mol. The normalized spacial score (nSPS) is 15.5. The fourth-order valence-corrected chi connectivity index (χ4v) is 3.82. The summed E-state index contributed by atoms with van der Waals surface area (Å²) in [5.74, 6) is 1.44. The van der Waals surface area contributed by atoms with E-state index in [-0.39, 0.29) is 11.7 Å². The lowest BCUT2D eigenvalue weighted by Crippen LogP contribution is -2.49. The first kappa shape index (κ1) is 21.3. The van der Waals surface area contributed by atoms with Crippen molar-refractivity contribution in [1.82, 2.24) is 15.0 Å². The predicted molar refractivity (Wildman–Crippen MR) is 109 cm³/mol. The van der Waals surface area contributed by atoms with Crippen molar-refractivity contribution in [3.8, 4) is 5.75 Å². The number of hydrogen-bond acceptors (Lipinski definition) is 7. The van der Waals surface area contributed by atoms with E-state index in [1.807, 2.05) is 19.9 Å². The van der Waals surface area contributed by atoms with E-state index in [1.54, 1.807) is 23.1 Å². The first-order valence-electron chi connectivity index (χ1n) is 9.57. The number of carbonyl (C=O) groups excluding carboxylic acids is 1. The third kappa shape index (κ3) is 5.80. The van der Waals surface area contributed by atoms with Gasteiger partial charge in [-0.15, -0.1) is 0 Å². The van der Waals surface area contributed by atoms with E-state index in [1.165, 1.54) is 6.26 Å². The SMILES string of the molecule is Cc1noc(C)c1COc1cccc(C(=O)N2CCN(CCS(C)(=O)=O)CC2)c1. The number of hydrogen-bond donors (Lipinski definition) is 0. The van der Waals surface area contributed by atoms with Crippen LogP contribution >= 0.6 is 0 Å². The van der Waals surface area contributed by atoms with Crippen LogP contribution in [-0.4, -0.2) is 74.0 Å². The monoisotopic (exact) mass is 421 g/mol. The van der Waals surface area contributed by atoms with Gasteiger partial charge >= 0.3 is 0 Å². The first-order valence-corrected chi connectivity index (χ1v) is 11.6. The first-order chi connectivity index (χ1) is 13.7. The molecule has 1 aliphatic rings. The molecule has 1 aromatic heterocycles. The zero-order valence-corrected chi connectivity index (χ0v) is 17.9. The van der Waals surface area contributed by atoms with E-state index < -0.39 is 9.84 Å². The Labute approximate surface area is 171 Å². The van der Waals surface area contributed by atoms with Gasteiger partial charge < -0.3 is 14.2 Å². The average Bonchev–Trinajstić information content (AvgIpc) is 3.02. The van der Waals surface area contributed by atoms with E-state index in [9.17, 15) is 13.2 Å². The van der Waals surface area contributed by atoms with Gasteiger partial charge in [-0.2, -0.15) is 0 Å². The standard InChI is InChI=1S/C20H27N3O5S/c1-15-19(16(2)28-21-15)14-27-18-6-4-5-17(13-18)20(24)23-9-7-22(8-10-23)11-12-29(3,25)26/h4-6,13H,7-12,14H2,1-3H3. The smallest absolute Gasteiger partial charge is 0.254 e. The Morgan fingerprint density at radius 2 is 1.93 bits per heavy atom. The van der Waals surface area contributed by atoms with Crippen LogP contribution in [0.25, 0.3) is 0 Å².